The second kappa shape index (κ2) is 74.6. The molecule has 0 fully saturated rings. The molecule has 546 valence electrons. The van der Waals surface area contributed by atoms with Crippen LogP contribution in [-0.4, -0.2) is 74.9 Å². The first-order chi connectivity index (χ1) is 47.0. The van der Waals surface area contributed by atoms with Crippen molar-refractivity contribution in [2.75, 3.05) is 47.5 Å². The number of hydrogen-bond acceptors (Lipinski definition) is 7. The van der Waals surface area contributed by atoms with Crippen molar-refractivity contribution in [1.29, 1.82) is 0 Å². The van der Waals surface area contributed by atoms with E-state index in [1.165, 1.54) is 141 Å². The van der Waals surface area contributed by atoms with E-state index >= 15 is 0 Å². The molecule has 0 bridgehead atoms. The fraction of sp³-hybridized carbons (Fsp3) is 0.651. The molecule has 0 aromatic heterocycles. The molecular weight excluding hydrogens is 1210 g/mol. The van der Waals surface area contributed by atoms with Crippen LogP contribution in [0.3, 0.4) is 0 Å². The van der Waals surface area contributed by atoms with E-state index in [1.807, 2.05) is 21.1 Å². The molecule has 10 heteroatoms. The number of phosphoric ester groups is 1. The summed E-state index contributed by atoms with van der Waals surface area (Å²) >= 11 is 0. The Morgan fingerprint density at radius 1 is 0.323 bits per heavy atom. The second-order valence-electron chi connectivity index (χ2n) is 26.6. The molecule has 0 amide bonds. The Hall–Kier alpha value is -4.63. The lowest BCUT2D eigenvalue weighted by Crippen LogP contribution is -2.37. The predicted octanol–water partition coefficient (Wildman–Crippen LogP) is 26.1. The normalized spacial score (nSPS) is 14.0. The maximum Gasteiger partial charge on any atom is 0.472 e. The first-order valence-electron chi connectivity index (χ1n) is 38.9. The molecule has 0 aliphatic carbocycles. The molecule has 2 unspecified atom stereocenters. The van der Waals surface area contributed by atoms with E-state index < -0.39 is 26.5 Å². The Morgan fingerprint density at radius 3 is 0.833 bits per heavy atom. The standard InChI is InChI=1S/C86H144NO8P/c1-6-8-10-12-14-16-18-20-22-24-26-28-30-32-34-36-38-39-40-41-42-43-44-45-46-47-49-51-53-55-57-59-61-63-65-67-69-71-73-75-77-79-86(89)95-84(83-94-96(90,91)93-81-80-87(3,4)5)82-92-85(88)78-76-74-72-70-68-66-64-62-60-58-56-54-52-50-48-37-35-33-31-29-27-25-23-21-19-17-15-13-11-9-7-2/h8-11,14-17,20-23,26-29,32,34,38-39,41-42,44-45,47,49,53,55,84H,6-7,12-13,18-19,24-25,30-31,33,35-37,40,43,46,48,50-52,54,56-83H2,1-5H3/p+1/b10-8-,11-9-,16-14-,17-15-,22-20-,23-21-,28-26-,29-27-,34-32-,39-38-,42-41-,45-44-,49-47-,55-53-. The summed E-state index contributed by atoms with van der Waals surface area (Å²) in [6.07, 6.45) is 113. The van der Waals surface area contributed by atoms with Gasteiger partial charge in [0, 0.05) is 12.8 Å². The van der Waals surface area contributed by atoms with Gasteiger partial charge >= 0.3 is 19.8 Å². The van der Waals surface area contributed by atoms with Crippen LogP contribution in [0.2, 0.25) is 0 Å². The van der Waals surface area contributed by atoms with Gasteiger partial charge in [-0.25, -0.2) is 4.57 Å². The largest absolute Gasteiger partial charge is 0.472 e. The zero-order valence-electron chi connectivity index (χ0n) is 62.3. The van der Waals surface area contributed by atoms with E-state index in [2.05, 4.69) is 184 Å². The van der Waals surface area contributed by atoms with Gasteiger partial charge in [0.15, 0.2) is 6.10 Å². The Kier molecular flexibility index (Phi) is 71.0. The summed E-state index contributed by atoms with van der Waals surface area (Å²) in [4.78, 5) is 36.0. The van der Waals surface area contributed by atoms with Crippen LogP contribution in [0.4, 0.5) is 0 Å². The minimum atomic E-state index is -4.41. The monoisotopic (exact) mass is 1350 g/mol. The molecule has 0 aromatic rings. The number of ether oxygens (including phenoxy) is 2. The van der Waals surface area contributed by atoms with Gasteiger partial charge in [-0.15, -0.1) is 0 Å². The summed E-state index contributed by atoms with van der Waals surface area (Å²) in [5.74, 6) is -0.802. The van der Waals surface area contributed by atoms with Gasteiger partial charge in [-0.05, 0) is 128 Å². The van der Waals surface area contributed by atoms with Gasteiger partial charge in [-0.1, -0.05) is 338 Å². The van der Waals surface area contributed by atoms with Gasteiger partial charge < -0.3 is 18.9 Å². The average molecular weight is 1350 g/mol. The molecule has 0 saturated heterocycles. The molecular formula is C86H145NO8P+. The number of allylic oxidation sites excluding steroid dienone is 28. The van der Waals surface area contributed by atoms with Crippen molar-refractivity contribution in [3.63, 3.8) is 0 Å². The smallest absolute Gasteiger partial charge is 0.462 e. The van der Waals surface area contributed by atoms with Crippen molar-refractivity contribution in [3.05, 3.63) is 170 Å². The van der Waals surface area contributed by atoms with Crippen molar-refractivity contribution in [2.45, 2.75) is 315 Å². The van der Waals surface area contributed by atoms with E-state index in [0.29, 0.717) is 17.4 Å². The lowest BCUT2D eigenvalue weighted by molar-refractivity contribution is -0.870. The van der Waals surface area contributed by atoms with E-state index in [4.69, 9.17) is 18.5 Å². The molecule has 0 heterocycles. The minimum Gasteiger partial charge on any atom is -0.462 e. The van der Waals surface area contributed by atoms with Gasteiger partial charge in [-0.2, -0.15) is 0 Å². The van der Waals surface area contributed by atoms with Crippen molar-refractivity contribution >= 4 is 19.8 Å². The molecule has 2 atom stereocenters. The van der Waals surface area contributed by atoms with E-state index in [-0.39, 0.29) is 32.0 Å². The molecule has 0 saturated carbocycles. The SMILES string of the molecule is CC/C=C\C/C=C\C/C=C\C/C=C\C/C=C\C/C=C\C/C=C\C/C=C\C/C=C\C/C=C\CCCCCCCCCCCCC(=O)OC(COC(=O)CCCCCCCCCCCCCCCCCCCC/C=C\C/C=C\C/C=C\C/C=C\CC)COP(=O)(O)OCC[N+](C)(C)C. The Balaban J connectivity index is 4.05. The maximum absolute atomic E-state index is 12.9. The number of quaternary nitrogens is 1. The van der Waals surface area contributed by atoms with Crippen molar-refractivity contribution in [1.82, 2.24) is 0 Å². The highest BCUT2D eigenvalue weighted by atomic mass is 31.2. The van der Waals surface area contributed by atoms with Crippen molar-refractivity contribution in [2.24, 2.45) is 0 Å². The summed E-state index contributed by atoms with van der Waals surface area (Å²) in [6, 6.07) is 0. The highest BCUT2D eigenvalue weighted by molar-refractivity contribution is 7.47. The number of unbranched alkanes of at least 4 members (excludes halogenated alkanes) is 28. The molecule has 9 nitrogen and oxygen atoms in total. The van der Waals surface area contributed by atoms with Gasteiger partial charge in [0.2, 0.25) is 0 Å². The first-order valence-corrected chi connectivity index (χ1v) is 40.4. The summed E-state index contributed by atoms with van der Waals surface area (Å²) in [6.45, 7) is 4.21. The van der Waals surface area contributed by atoms with Gasteiger partial charge in [0.1, 0.15) is 19.8 Å². The van der Waals surface area contributed by atoms with Crippen LogP contribution in [0.5, 0.6) is 0 Å². The molecule has 0 aliphatic heterocycles. The van der Waals surface area contributed by atoms with Crippen LogP contribution in [-0.2, 0) is 32.7 Å². The molecule has 0 aliphatic rings. The van der Waals surface area contributed by atoms with E-state index in [0.717, 1.165) is 135 Å². The number of likely N-dealkylation sites (N-methyl/N-ethyl adjacent to an activating group) is 1. The zero-order valence-corrected chi connectivity index (χ0v) is 63.2. The number of rotatable bonds is 70. The number of carbonyl (C=O) groups is 2. The molecule has 96 heavy (non-hydrogen) atoms. The summed E-state index contributed by atoms with van der Waals surface area (Å²) in [5.41, 5.74) is 0. The van der Waals surface area contributed by atoms with Crippen molar-refractivity contribution in [3.8, 4) is 0 Å². The highest BCUT2D eigenvalue weighted by Gasteiger charge is 2.27. The minimum absolute atomic E-state index is 0.0246. The number of carbonyl (C=O) groups excluding carboxylic acids is 2. The molecule has 1 N–H and O–H groups in total. The van der Waals surface area contributed by atoms with Crippen molar-refractivity contribution < 1.29 is 42.1 Å². The quantitative estimate of drug-likeness (QED) is 0.0211. The third-order valence-corrected chi connectivity index (χ3v) is 17.2. The fourth-order valence-corrected chi connectivity index (χ4v) is 11.1. The first kappa shape index (κ1) is 91.4. The lowest BCUT2D eigenvalue weighted by Gasteiger charge is -2.24. The molecule has 0 aromatic carbocycles. The van der Waals surface area contributed by atoms with E-state index in [1.54, 1.807) is 0 Å². The Morgan fingerprint density at radius 2 is 0.562 bits per heavy atom. The lowest BCUT2D eigenvalue weighted by atomic mass is 10.0. The van der Waals surface area contributed by atoms with Crippen LogP contribution in [0.25, 0.3) is 0 Å². The second-order valence-corrected chi connectivity index (χ2v) is 28.1. The topological polar surface area (TPSA) is 108 Å². The highest BCUT2D eigenvalue weighted by Crippen LogP contribution is 2.43. The van der Waals surface area contributed by atoms with Gasteiger partial charge in [0.25, 0.3) is 0 Å². The fourth-order valence-electron chi connectivity index (χ4n) is 10.4. The van der Waals surface area contributed by atoms with Crippen LogP contribution in [0.15, 0.2) is 170 Å². The third kappa shape index (κ3) is 78.4. The predicted molar refractivity (Wildman–Crippen MR) is 417 cm³/mol. The zero-order chi connectivity index (χ0) is 69.7. The number of phosphoric acid groups is 1. The third-order valence-electron chi connectivity index (χ3n) is 16.2. The summed E-state index contributed by atoms with van der Waals surface area (Å²) in [7, 11) is 1.46. The summed E-state index contributed by atoms with van der Waals surface area (Å²) in [5, 5.41) is 0. The van der Waals surface area contributed by atoms with Gasteiger partial charge in [-0.3, -0.25) is 18.6 Å². The Labute approximate surface area is 591 Å². The number of nitrogens with zero attached hydrogens (tertiary/aromatic N) is 1. The van der Waals surface area contributed by atoms with Crippen LogP contribution in [0.1, 0.15) is 309 Å². The average Bonchev–Trinajstić information content (AvgIpc) is 2.54. The van der Waals surface area contributed by atoms with Crippen LogP contribution >= 0.6 is 7.82 Å². The van der Waals surface area contributed by atoms with E-state index in [9.17, 15) is 19.0 Å². The van der Waals surface area contributed by atoms with Crippen LogP contribution < -0.4 is 0 Å². The molecule has 0 radical (unpaired) electrons. The van der Waals surface area contributed by atoms with Gasteiger partial charge in [0.05, 0.1) is 27.7 Å². The maximum atomic E-state index is 12.9. The Bertz CT molecular complexity index is 2230. The summed E-state index contributed by atoms with van der Waals surface area (Å²) < 4.78 is 34.8. The number of hydrogen-bond donors (Lipinski definition) is 1. The molecule has 0 spiro atoms. The number of esters is 2. The molecule has 0 rings (SSSR count). The van der Waals surface area contributed by atoms with Crippen LogP contribution in [0, 0.1) is 0 Å².